The lowest BCUT2D eigenvalue weighted by Gasteiger charge is -2.44. The molecule has 1 aromatic rings. The number of carbonyl (C=O) groups is 1. The van der Waals surface area contributed by atoms with Gasteiger partial charge >= 0.3 is 6.09 Å². The number of piperidine rings is 1. The SMILES string of the molecule is COc1ccc([C@H](C)NC2CCCC23CCN(C(=O)OC(C)(C)C)CC3)cc1. The average Bonchev–Trinajstić information content (AvgIpc) is 3.02. The van der Waals surface area contributed by atoms with Crippen LogP contribution in [0.1, 0.15) is 71.4 Å². The Hall–Kier alpha value is -1.75. The average molecular weight is 389 g/mol. The smallest absolute Gasteiger partial charge is 0.410 e. The number of methoxy groups -OCH3 is 1. The van der Waals surface area contributed by atoms with Crippen LogP contribution in [0.25, 0.3) is 0 Å². The third-order valence-corrected chi connectivity index (χ3v) is 6.38. The number of hydrogen-bond acceptors (Lipinski definition) is 4. The van der Waals surface area contributed by atoms with Crippen LogP contribution in [0.2, 0.25) is 0 Å². The zero-order chi connectivity index (χ0) is 20.4. The van der Waals surface area contributed by atoms with Crippen LogP contribution in [0, 0.1) is 5.41 Å². The van der Waals surface area contributed by atoms with Crippen LogP contribution in [0.15, 0.2) is 24.3 Å². The Labute approximate surface area is 169 Å². The summed E-state index contributed by atoms with van der Waals surface area (Å²) in [6.07, 6.45) is 5.67. The first-order valence-electron chi connectivity index (χ1n) is 10.6. The summed E-state index contributed by atoms with van der Waals surface area (Å²) in [6.45, 7) is 9.60. The predicted molar refractivity (Wildman–Crippen MR) is 112 cm³/mol. The predicted octanol–water partition coefficient (Wildman–Crippen LogP) is 4.92. The first kappa shape index (κ1) is 21.0. The van der Waals surface area contributed by atoms with Crippen LogP contribution in [-0.4, -0.2) is 42.8 Å². The first-order chi connectivity index (χ1) is 13.2. The topological polar surface area (TPSA) is 50.8 Å². The normalized spacial score (nSPS) is 22.9. The Bertz CT molecular complexity index is 657. The van der Waals surface area contributed by atoms with Crippen molar-refractivity contribution in [2.75, 3.05) is 20.2 Å². The molecule has 2 fully saturated rings. The molecule has 0 aromatic heterocycles. The minimum absolute atomic E-state index is 0.170. The molecule has 1 aromatic carbocycles. The maximum absolute atomic E-state index is 12.4. The molecule has 0 bridgehead atoms. The maximum Gasteiger partial charge on any atom is 0.410 e. The van der Waals surface area contributed by atoms with E-state index in [-0.39, 0.29) is 6.09 Å². The number of rotatable bonds is 4. The molecule has 5 heteroatoms. The van der Waals surface area contributed by atoms with Gasteiger partial charge in [-0.2, -0.15) is 0 Å². The number of amides is 1. The van der Waals surface area contributed by atoms with Crippen LogP contribution < -0.4 is 10.1 Å². The zero-order valence-corrected chi connectivity index (χ0v) is 18.1. The minimum Gasteiger partial charge on any atom is -0.497 e. The second-order valence-electron chi connectivity index (χ2n) is 9.44. The molecule has 1 amide bonds. The molecular weight excluding hydrogens is 352 g/mol. The van der Waals surface area contributed by atoms with Gasteiger partial charge in [-0.05, 0) is 76.5 Å². The van der Waals surface area contributed by atoms with Crippen molar-refractivity contribution in [3.8, 4) is 5.75 Å². The van der Waals surface area contributed by atoms with Crippen LogP contribution >= 0.6 is 0 Å². The standard InChI is InChI=1S/C23H36N2O3/c1-17(18-8-10-19(27-5)11-9-18)24-20-7-6-12-23(20)13-15-25(16-14-23)21(26)28-22(2,3)4/h8-11,17,20,24H,6-7,12-16H2,1-5H3/t17-,20?/m0/s1. The highest BCUT2D eigenvalue weighted by Gasteiger charge is 2.46. The van der Waals surface area contributed by atoms with E-state index < -0.39 is 5.60 Å². The van der Waals surface area contributed by atoms with Crippen molar-refractivity contribution in [2.24, 2.45) is 5.41 Å². The molecule has 5 nitrogen and oxygen atoms in total. The van der Waals surface area contributed by atoms with E-state index in [0.717, 1.165) is 31.7 Å². The largest absolute Gasteiger partial charge is 0.497 e. The molecule has 28 heavy (non-hydrogen) atoms. The summed E-state index contributed by atoms with van der Waals surface area (Å²) in [7, 11) is 1.70. The fourth-order valence-electron chi connectivity index (χ4n) is 4.75. The Morgan fingerprint density at radius 2 is 1.82 bits per heavy atom. The van der Waals surface area contributed by atoms with Crippen molar-refractivity contribution in [2.45, 2.75) is 77.5 Å². The molecule has 2 atom stereocenters. The van der Waals surface area contributed by atoms with Gasteiger partial charge in [0, 0.05) is 25.2 Å². The number of hydrogen-bond donors (Lipinski definition) is 1. The summed E-state index contributed by atoms with van der Waals surface area (Å²) in [4.78, 5) is 14.3. The molecule has 1 aliphatic carbocycles. The fraction of sp³-hybridized carbons (Fsp3) is 0.696. The summed E-state index contributed by atoms with van der Waals surface area (Å²) >= 11 is 0. The molecule has 2 aliphatic rings. The third kappa shape index (κ3) is 4.80. The Morgan fingerprint density at radius 1 is 1.18 bits per heavy atom. The van der Waals surface area contributed by atoms with Crippen LogP contribution in [0.4, 0.5) is 4.79 Å². The molecule has 1 N–H and O–H groups in total. The number of ether oxygens (including phenoxy) is 2. The molecule has 1 heterocycles. The van der Waals surface area contributed by atoms with E-state index in [2.05, 4.69) is 24.4 Å². The molecule has 3 rings (SSSR count). The Kier molecular flexibility index (Phi) is 6.23. The minimum atomic E-state index is -0.433. The van der Waals surface area contributed by atoms with Gasteiger partial charge < -0.3 is 19.7 Å². The van der Waals surface area contributed by atoms with Gasteiger partial charge in [-0.1, -0.05) is 18.6 Å². The van der Waals surface area contributed by atoms with E-state index in [4.69, 9.17) is 9.47 Å². The van der Waals surface area contributed by atoms with E-state index in [1.165, 1.54) is 24.8 Å². The van der Waals surface area contributed by atoms with Gasteiger partial charge in [-0.25, -0.2) is 4.79 Å². The number of nitrogens with one attached hydrogen (secondary N) is 1. The lowest BCUT2D eigenvalue weighted by molar-refractivity contribution is 0.00676. The quantitative estimate of drug-likeness (QED) is 0.796. The van der Waals surface area contributed by atoms with E-state index in [9.17, 15) is 4.79 Å². The van der Waals surface area contributed by atoms with Crippen LogP contribution in [0.3, 0.4) is 0 Å². The molecule has 1 saturated heterocycles. The number of carbonyl (C=O) groups excluding carboxylic acids is 1. The Morgan fingerprint density at radius 3 is 2.39 bits per heavy atom. The summed E-state index contributed by atoms with van der Waals surface area (Å²) in [5, 5.41) is 3.90. The third-order valence-electron chi connectivity index (χ3n) is 6.38. The summed E-state index contributed by atoms with van der Waals surface area (Å²) in [5.74, 6) is 0.891. The van der Waals surface area contributed by atoms with Crippen molar-refractivity contribution in [3.05, 3.63) is 29.8 Å². The molecule has 0 radical (unpaired) electrons. The number of nitrogens with zero attached hydrogens (tertiary/aromatic N) is 1. The Balaban J connectivity index is 1.59. The van der Waals surface area contributed by atoms with Gasteiger partial charge in [0.1, 0.15) is 11.4 Å². The van der Waals surface area contributed by atoms with Crippen molar-refractivity contribution < 1.29 is 14.3 Å². The molecule has 1 unspecified atom stereocenters. The maximum atomic E-state index is 12.4. The summed E-state index contributed by atoms with van der Waals surface area (Å²) in [5.41, 5.74) is 1.16. The highest BCUT2D eigenvalue weighted by molar-refractivity contribution is 5.68. The second kappa shape index (κ2) is 8.32. The molecular formula is C23H36N2O3. The molecule has 1 saturated carbocycles. The van der Waals surface area contributed by atoms with E-state index in [0.29, 0.717) is 17.5 Å². The van der Waals surface area contributed by atoms with Gasteiger partial charge in [0.05, 0.1) is 7.11 Å². The lowest BCUT2D eigenvalue weighted by Crippen LogP contribution is -2.51. The summed E-state index contributed by atoms with van der Waals surface area (Å²) < 4.78 is 10.8. The number of likely N-dealkylation sites (tertiary alicyclic amines) is 1. The second-order valence-corrected chi connectivity index (χ2v) is 9.44. The van der Waals surface area contributed by atoms with E-state index in [1.54, 1.807) is 7.11 Å². The van der Waals surface area contributed by atoms with E-state index in [1.807, 2.05) is 37.8 Å². The van der Waals surface area contributed by atoms with E-state index >= 15 is 0 Å². The lowest BCUT2D eigenvalue weighted by atomic mass is 9.74. The van der Waals surface area contributed by atoms with Crippen LogP contribution in [0.5, 0.6) is 5.75 Å². The monoisotopic (exact) mass is 388 g/mol. The zero-order valence-electron chi connectivity index (χ0n) is 18.1. The highest BCUT2D eigenvalue weighted by Crippen LogP contribution is 2.47. The van der Waals surface area contributed by atoms with Crippen molar-refractivity contribution in [1.29, 1.82) is 0 Å². The van der Waals surface area contributed by atoms with Gasteiger partial charge in [-0.3, -0.25) is 0 Å². The van der Waals surface area contributed by atoms with Crippen molar-refractivity contribution >= 4 is 6.09 Å². The highest BCUT2D eigenvalue weighted by atomic mass is 16.6. The fourth-order valence-corrected chi connectivity index (χ4v) is 4.75. The van der Waals surface area contributed by atoms with Crippen LogP contribution in [-0.2, 0) is 4.74 Å². The summed E-state index contributed by atoms with van der Waals surface area (Å²) in [6, 6.07) is 9.14. The number of benzene rings is 1. The first-order valence-corrected chi connectivity index (χ1v) is 10.6. The molecule has 1 spiro atoms. The molecule has 156 valence electrons. The van der Waals surface area contributed by atoms with Gasteiger partial charge in [-0.15, -0.1) is 0 Å². The van der Waals surface area contributed by atoms with Gasteiger partial charge in [0.25, 0.3) is 0 Å². The molecule has 1 aliphatic heterocycles. The van der Waals surface area contributed by atoms with Crippen molar-refractivity contribution in [3.63, 3.8) is 0 Å². The van der Waals surface area contributed by atoms with Crippen molar-refractivity contribution in [1.82, 2.24) is 10.2 Å². The van der Waals surface area contributed by atoms with Gasteiger partial charge in [0.2, 0.25) is 0 Å². The van der Waals surface area contributed by atoms with Gasteiger partial charge in [0.15, 0.2) is 0 Å².